The fourth-order valence-corrected chi connectivity index (χ4v) is 2.65. The van der Waals surface area contributed by atoms with Gasteiger partial charge in [0.05, 0.1) is 18.1 Å². The fraction of sp³-hybridized carbons (Fsp3) is 0.750. The van der Waals surface area contributed by atoms with Crippen LogP contribution < -0.4 is 5.73 Å². The van der Waals surface area contributed by atoms with Gasteiger partial charge in [-0.15, -0.1) is 0 Å². The second-order valence-corrected chi connectivity index (χ2v) is 4.69. The van der Waals surface area contributed by atoms with E-state index in [1.807, 2.05) is 12.5 Å². The first-order valence-corrected chi connectivity index (χ1v) is 6.20. The third-order valence-electron chi connectivity index (χ3n) is 3.57. The van der Waals surface area contributed by atoms with Gasteiger partial charge in [-0.25, -0.2) is 4.98 Å². The monoisotopic (exact) mass is 222 g/mol. The first kappa shape index (κ1) is 11.6. The Balaban J connectivity index is 2.28. The van der Waals surface area contributed by atoms with Crippen LogP contribution in [-0.2, 0) is 6.54 Å². The molecule has 1 fully saturated rings. The average molecular weight is 222 g/mol. The highest BCUT2D eigenvalue weighted by Gasteiger charge is 2.28. The van der Waals surface area contributed by atoms with Gasteiger partial charge < -0.3 is 10.3 Å². The fourth-order valence-electron chi connectivity index (χ4n) is 2.65. The Hall–Kier alpha value is -0.870. The maximum absolute atomic E-state index is 6.30. The average Bonchev–Trinajstić information content (AvgIpc) is 2.66. The molecule has 4 nitrogen and oxygen atoms in total. The van der Waals surface area contributed by atoms with E-state index in [1.54, 1.807) is 0 Å². The maximum Gasteiger partial charge on any atom is 0.0948 e. The molecule has 0 aromatic carbocycles. The van der Waals surface area contributed by atoms with E-state index < -0.39 is 0 Å². The Morgan fingerprint density at radius 2 is 2.31 bits per heavy atom. The lowest BCUT2D eigenvalue weighted by molar-refractivity contribution is 0.220. The van der Waals surface area contributed by atoms with Gasteiger partial charge in [-0.1, -0.05) is 6.42 Å². The molecule has 1 aliphatic rings. The van der Waals surface area contributed by atoms with E-state index in [0.29, 0.717) is 6.04 Å². The van der Waals surface area contributed by atoms with Crippen molar-refractivity contribution in [2.24, 2.45) is 5.73 Å². The summed E-state index contributed by atoms with van der Waals surface area (Å²) >= 11 is 0. The van der Waals surface area contributed by atoms with Gasteiger partial charge in [0.25, 0.3) is 0 Å². The number of imidazole rings is 1. The minimum Gasteiger partial charge on any atom is -0.333 e. The van der Waals surface area contributed by atoms with Gasteiger partial charge in [-0.05, 0) is 33.4 Å². The van der Waals surface area contributed by atoms with Gasteiger partial charge >= 0.3 is 0 Å². The topological polar surface area (TPSA) is 47.1 Å². The van der Waals surface area contributed by atoms with Crippen molar-refractivity contribution in [3.63, 3.8) is 0 Å². The molecule has 1 aromatic rings. The molecular formula is C12H22N4. The van der Waals surface area contributed by atoms with Gasteiger partial charge in [0.15, 0.2) is 0 Å². The first-order chi connectivity index (χ1) is 7.74. The highest BCUT2D eigenvalue weighted by Crippen LogP contribution is 2.27. The summed E-state index contributed by atoms with van der Waals surface area (Å²) in [7, 11) is 2.17. The Morgan fingerprint density at radius 3 is 3.06 bits per heavy atom. The summed E-state index contributed by atoms with van der Waals surface area (Å²) < 4.78 is 2.20. The van der Waals surface area contributed by atoms with Crippen LogP contribution in [0.3, 0.4) is 0 Å². The lowest BCUT2D eigenvalue weighted by atomic mass is 10.0. The molecule has 2 unspecified atom stereocenters. The normalized spacial score (nSPS) is 27.9. The lowest BCUT2D eigenvalue weighted by Crippen LogP contribution is -2.38. The predicted octanol–water partition coefficient (Wildman–Crippen LogP) is 1.39. The summed E-state index contributed by atoms with van der Waals surface area (Å²) in [6.45, 7) is 4.24. The molecule has 1 aromatic heterocycles. The smallest absolute Gasteiger partial charge is 0.0948 e. The molecule has 16 heavy (non-hydrogen) atoms. The lowest BCUT2D eigenvalue weighted by Gasteiger charge is -2.30. The molecule has 2 heterocycles. The molecule has 2 N–H and O–H groups in total. The van der Waals surface area contributed by atoms with Gasteiger partial charge in [-0.3, -0.25) is 4.90 Å². The van der Waals surface area contributed by atoms with Crippen molar-refractivity contribution in [1.29, 1.82) is 0 Å². The standard InChI is InChI=1S/C12H22N4/c1-3-16-9-14-8-11(16)12-10(13)6-4-5-7-15(12)2/h8-10,12H,3-7,13H2,1-2H3. The Labute approximate surface area is 97.4 Å². The Bertz CT molecular complexity index is 322. The largest absolute Gasteiger partial charge is 0.333 e. The number of hydrogen-bond acceptors (Lipinski definition) is 3. The molecule has 0 spiro atoms. The quantitative estimate of drug-likeness (QED) is 0.822. The molecule has 2 rings (SSSR count). The Morgan fingerprint density at radius 1 is 1.50 bits per heavy atom. The van der Waals surface area contributed by atoms with Crippen LogP contribution in [0.15, 0.2) is 12.5 Å². The zero-order valence-electron chi connectivity index (χ0n) is 10.3. The molecule has 1 aliphatic heterocycles. The van der Waals surface area contributed by atoms with Crippen LogP contribution in [0.25, 0.3) is 0 Å². The van der Waals surface area contributed by atoms with Crippen molar-refractivity contribution >= 4 is 0 Å². The summed E-state index contributed by atoms with van der Waals surface area (Å²) in [5, 5.41) is 0. The van der Waals surface area contributed by atoms with Gasteiger partial charge in [0.2, 0.25) is 0 Å². The molecule has 90 valence electrons. The molecule has 0 bridgehead atoms. The predicted molar refractivity (Wildman–Crippen MR) is 65.1 cm³/mol. The zero-order chi connectivity index (χ0) is 11.5. The van der Waals surface area contributed by atoms with Crippen LogP contribution in [0, 0.1) is 0 Å². The van der Waals surface area contributed by atoms with E-state index in [1.165, 1.54) is 18.5 Å². The third kappa shape index (κ3) is 2.13. The molecule has 0 amide bonds. The number of hydrogen-bond donors (Lipinski definition) is 1. The second kappa shape index (κ2) is 4.97. The number of aromatic nitrogens is 2. The maximum atomic E-state index is 6.30. The Kier molecular flexibility index (Phi) is 3.61. The van der Waals surface area contributed by atoms with Crippen molar-refractivity contribution in [2.45, 2.75) is 44.8 Å². The third-order valence-corrected chi connectivity index (χ3v) is 3.57. The number of likely N-dealkylation sites (N-methyl/N-ethyl adjacent to an activating group) is 1. The van der Waals surface area contributed by atoms with E-state index in [0.717, 1.165) is 19.5 Å². The van der Waals surface area contributed by atoms with Crippen molar-refractivity contribution < 1.29 is 0 Å². The molecular weight excluding hydrogens is 200 g/mol. The van der Waals surface area contributed by atoms with Crippen LogP contribution in [0.2, 0.25) is 0 Å². The van der Waals surface area contributed by atoms with Gasteiger partial charge in [-0.2, -0.15) is 0 Å². The summed E-state index contributed by atoms with van der Waals surface area (Å²) in [5.41, 5.74) is 7.56. The summed E-state index contributed by atoms with van der Waals surface area (Å²) in [6.07, 6.45) is 7.48. The van der Waals surface area contributed by atoms with Crippen LogP contribution >= 0.6 is 0 Å². The first-order valence-electron chi connectivity index (χ1n) is 6.20. The van der Waals surface area contributed by atoms with Crippen LogP contribution in [0.1, 0.15) is 37.9 Å². The van der Waals surface area contributed by atoms with Gasteiger partial charge in [0, 0.05) is 18.8 Å². The minimum atomic E-state index is 0.231. The molecule has 0 saturated carbocycles. The molecule has 0 aliphatic carbocycles. The summed E-state index contributed by atoms with van der Waals surface area (Å²) in [4.78, 5) is 6.62. The number of rotatable bonds is 2. The van der Waals surface area contributed by atoms with Crippen LogP contribution in [0.4, 0.5) is 0 Å². The van der Waals surface area contributed by atoms with E-state index in [-0.39, 0.29) is 6.04 Å². The second-order valence-electron chi connectivity index (χ2n) is 4.69. The number of nitrogens with zero attached hydrogens (tertiary/aromatic N) is 3. The summed E-state index contributed by atoms with van der Waals surface area (Å²) in [6, 6.07) is 0.555. The molecule has 2 atom stereocenters. The minimum absolute atomic E-state index is 0.231. The van der Waals surface area contributed by atoms with Crippen molar-refractivity contribution in [3.05, 3.63) is 18.2 Å². The van der Waals surface area contributed by atoms with E-state index in [4.69, 9.17) is 5.73 Å². The van der Waals surface area contributed by atoms with Gasteiger partial charge in [0.1, 0.15) is 0 Å². The van der Waals surface area contributed by atoms with Crippen molar-refractivity contribution in [2.75, 3.05) is 13.6 Å². The SMILES string of the molecule is CCn1cncc1C1C(N)CCCCN1C. The zero-order valence-corrected chi connectivity index (χ0v) is 10.3. The van der Waals surface area contributed by atoms with Crippen LogP contribution in [-0.4, -0.2) is 34.1 Å². The highest BCUT2D eigenvalue weighted by atomic mass is 15.2. The summed E-state index contributed by atoms with van der Waals surface area (Å²) in [5.74, 6) is 0. The van der Waals surface area contributed by atoms with E-state index >= 15 is 0 Å². The number of nitrogens with two attached hydrogens (primary N) is 1. The van der Waals surface area contributed by atoms with Crippen molar-refractivity contribution in [3.8, 4) is 0 Å². The van der Waals surface area contributed by atoms with E-state index in [2.05, 4.69) is 28.4 Å². The molecule has 1 saturated heterocycles. The number of likely N-dealkylation sites (tertiary alicyclic amines) is 1. The van der Waals surface area contributed by atoms with Crippen molar-refractivity contribution in [1.82, 2.24) is 14.5 Å². The van der Waals surface area contributed by atoms with Crippen LogP contribution in [0.5, 0.6) is 0 Å². The molecule has 0 radical (unpaired) electrons. The highest BCUT2D eigenvalue weighted by molar-refractivity contribution is 5.09. The molecule has 4 heteroatoms. The number of aryl methyl sites for hydroxylation is 1. The van der Waals surface area contributed by atoms with E-state index in [9.17, 15) is 0 Å².